The zero-order valence-corrected chi connectivity index (χ0v) is 10.0. The number of rotatable bonds is 1. The van der Waals surface area contributed by atoms with E-state index in [1.54, 1.807) is 11.0 Å². The van der Waals surface area contributed by atoms with E-state index in [-0.39, 0.29) is 11.9 Å². The van der Waals surface area contributed by atoms with Gasteiger partial charge in [0.25, 0.3) is 0 Å². The number of nitrogens with two attached hydrogens (primary N) is 1. The van der Waals surface area contributed by atoms with Crippen LogP contribution in [0.4, 0.5) is 4.79 Å². The largest absolute Gasteiger partial charge is 0.351 e. The number of primary amides is 1. The molecule has 1 fully saturated rings. The zero-order valence-electron chi connectivity index (χ0n) is 8.49. The number of benzene rings is 1. The first-order valence-electron chi connectivity index (χ1n) is 4.90. The van der Waals surface area contributed by atoms with Gasteiger partial charge in [0.2, 0.25) is 0 Å². The Morgan fingerprint density at radius 1 is 1.38 bits per heavy atom. The minimum atomic E-state index is -0.390. The van der Waals surface area contributed by atoms with Gasteiger partial charge in [-0.15, -0.1) is 0 Å². The van der Waals surface area contributed by atoms with Gasteiger partial charge in [0.15, 0.2) is 0 Å². The summed E-state index contributed by atoms with van der Waals surface area (Å²) in [7, 11) is 0. The summed E-state index contributed by atoms with van der Waals surface area (Å²) < 4.78 is 0. The maximum absolute atomic E-state index is 11.0. The average Bonchev–Trinajstić information content (AvgIpc) is 2.71. The average molecular weight is 258 g/mol. The molecule has 85 valence electrons. The third kappa shape index (κ3) is 2.25. The molecule has 2 N–H and O–H groups in total. The summed E-state index contributed by atoms with van der Waals surface area (Å²) >= 11 is 11.8. The molecular formula is C11H11Cl2N2O. The predicted molar refractivity (Wildman–Crippen MR) is 64.7 cm³/mol. The first kappa shape index (κ1) is 11.6. The highest BCUT2D eigenvalue weighted by molar-refractivity contribution is 6.42. The van der Waals surface area contributed by atoms with Crippen LogP contribution >= 0.6 is 23.2 Å². The van der Waals surface area contributed by atoms with Crippen molar-refractivity contribution in [3.63, 3.8) is 0 Å². The summed E-state index contributed by atoms with van der Waals surface area (Å²) in [6.45, 7) is 1.19. The maximum atomic E-state index is 11.0. The van der Waals surface area contributed by atoms with Gasteiger partial charge in [0.1, 0.15) is 0 Å². The van der Waals surface area contributed by atoms with Crippen LogP contribution in [0.25, 0.3) is 0 Å². The first-order valence-corrected chi connectivity index (χ1v) is 5.66. The molecule has 1 aliphatic heterocycles. The summed E-state index contributed by atoms with van der Waals surface area (Å²) in [5, 5.41) is 1.07. The highest BCUT2D eigenvalue weighted by Crippen LogP contribution is 2.30. The number of urea groups is 1. The molecule has 2 rings (SSSR count). The number of hydrogen-bond acceptors (Lipinski definition) is 1. The predicted octanol–water partition coefficient (Wildman–Crippen LogP) is 2.68. The molecule has 3 nitrogen and oxygen atoms in total. The second kappa shape index (κ2) is 4.52. The number of carbonyl (C=O) groups is 1. The van der Waals surface area contributed by atoms with Gasteiger partial charge in [-0.05, 0) is 24.1 Å². The number of halogens is 2. The van der Waals surface area contributed by atoms with Crippen molar-refractivity contribution in [3.05, 3.63) is 40.2 Å². The van der Waals surface area contributed by atoms with Gasteiger partial charge in [0.05, 0.1) is 10.0 Å². The maximum Gasteiger partial charge on any atom is 0.314 e. The van der Waals surface area contributed by atoms with Crippen molar-refractivity contribution >= 4 is 29.2 Å². The smallest absolute Gasteiger partial charge is 0.314 e. The van der Waals surface area contributed by atoms with Crippen LogP contribution in [-0.4, -0.2) is 24.0 Å². The molecule has 1 heterocycles. The van der Waals surface area contributed by atoms with E-state index < -0.39 is 0 Å². The van der Waals surface area contributed by atoms with E-state index in [2.05, 4.69) is 0 Å². The Bertz CT molecular complexity index is 422. The lowest BCUT2D eigenvalue weighted by Crippen LogP contribution is -2.33. The van der Waals surface area contributed by atoms with Crippen LogP contribution < -0.4 is 5.73 Å². The SMILES string of the molecule is NC(=O)N1C[CH]C(c2ccc(Cl)c(Cl)c2)C1. The summed E-state index contributed by atoms with van der Waals surface area (Å²) in [5.74, 6) is 0.183. The first-order chi connectivity index (χ1) is 7.58. The Kier molecular flexibility index (Phi) is 3.26. The van der Waals surface area contributed by atoms with Crippen LogP contribution in [0.2, 0.25) is 10.0 Å². The Labute approximate surface area is 104 Å². The van der Waals surface area contributed by atoms with E-state index in [4.69, 9.17) is 28.9 Å². The van der Waals surface area contributed by atoms with Crippen LogP contribution in [0.5, 0.6) is 0 Å². The standard InChI is InChI=1S/C11H11Cl2N2O/c12-9-2-1-7(5-10(9)13)8-3-4-15(6-8)11(14)16/h1-3,5,8H,4,6H2,(H2,14,16). The highest BCUT2D eigenvalue weighted by atomic mass is 35.5. The summed E-state index contributed by atoms with van der Waals surface area (Å²) in [6, 6.07) is 5.12. The van der Waals surface area contributed by atoms with E-state index >= 15 is 0 Å². The van der Waals surface area contributed by atoms with Crippen molar-refractivity contribution in [2.75, 3.05) is 13.1 Å². The van der Waals surface area contributed by atoms with Gasteiger partial charge >= 0.3 is 6.03 Å². The molecule has 2 amide bonds. The van der Waals surface area contributed by atoms with Gasteiger partial charge in [-0.3, -0.25) is 0 Å². The Morgan fingerprint density at radius 3 is 2.69 bits per heavy atom. The number of amides is 2. The van der Waals surface area contributed by atoms with Crippen LogP contribution in [0.3, 0.4) is 0 Å². The summed E-state index contributed by atoms with van der Waals surface area (Å²) in [5.41, 5.74) is 6.27. The molecule has 5 heteroatoms. The fraction of sp³-hybridized carbons (Fsp3) is 0.273. The summed E-state index contributed by atoms with van der Waals surface area (Å²) in [6.07, 6.45) is 2.05. The van der Waals surface area contributed by atoms with Crippen molar-refractivity contribution in [3.8, 4) is 0 Å². The van der Waals surface area contributed by atoms with Crippen molar-refractivity contribution in [2.45, 2.75) is 5.92 Å². The van der Waals surface area contributed by atoms with Crippen molar-refractivity contribution in [2.24, 2.45) is 5.73 Å². The lowest BCUT2D eigenvalue weighted by Gasteiger charge is -2.13. The number of carbonyl (C=O) groups excluding carboxylic acids is 1. The fourth-order valence-corrected chi connectivity index (χ4v) is 2.11. The van der Waals surface area contributed by atoms with Gasteiger partial charge in [-0.1, -0.05) is 29.3 Å². The molecule has 1 saturated heterocycles. The molecule has 1 aromatic carbocycles. The minimum absolute atomic E-state index is 0.183. The second-order valence-electron chi connectivity index (χ2n) is 3.76. The van der Waals surface area contributed by atoms with Gasteiger partial charge in [-0.2, -0.15) is 0 Å². The molecule has 0 bridgehead atoms. The molecule has 1 aromatic rings. The number of nitrogens with zero attached hydrogens (tertiary/aromatic N) is 1. The highest BCUT2D eigenvalue weighted by Gasteiger charge is 2.26. The van der Waals surface area contributed by atoms with Gasteiger partial charge < -0.3 is 10.6 Å². The van der Waals surface area contributed by atoms with E-state index in [0.717, 1.165) is 5.56 Å². The normalized spacial score (nSPS) is 20.1. The zero-order chi connectivity index (χ0) is 11.7. The molecular weight excluding hydrogens is 247 g/mol. The Balaban J connectivity index is 2.14. The van der Waals surface area contributed by atoms with Crippen LogP contribution in [0, 0.1) is 6.42 Å². The third-order valence-corrected chi connectivity index (χ3v) is 3.45. The minimum Gasteiger partial charge on any atom is -0.351 e. The lowest BCUT2D eigenvalue weighted by atomic mass is 9.99. The topological polar surface area (TPSA) is 46.3 Å². The quantitative estimate of drug-likeness (QED) is 0.827. The molecule has 1 atom stereocenters. The summed E-state index contributed by atoms with van der Waals surface area (Å²) in [4.78, 5) is 12.6. The molecule has 16 heavy (non-hydrogen) atoms. The molecule has 0 spiro atoms. The number of likely N-dealkylation sites (tertiary alicyclic amines) is 1. The Morgan fingerprint density at radius 2 is 2.12 bits per heavy atom. The van der Waals surface area contributed by atoms with E-state index in [1.807, 2.05) is 18.6 Å². The second-order valence-corrected chi connectivity index (χ2v) is 4.57. The molecule has 0 saturated carbocycles. The van der Waals surface area contributed by atoms with E-state index in [9.17, 15) is 4.79 Å². The number of hydrogen-bond donors (Lipinski definition) is 1. The van der Waals surface area contributed by atoms with Crippen molar-refractivity contribution in [1.29, 1.82) is 0 Å². The van der Waals surface area contributed by atoms with Crippen molar-refractivity contribution in [1.82, 2.24) is 4.90 Å². The van der Waals surface area contributed by atoms with Crippen LogP contribution in [0.15, 0.2) is 18.2 Å². The monoisotopic (exact) mass is 257 g/mol. The molecule has 0 aliphatic carbocycles. The third-order valence-electron chi connectivity index (χ3n) is 2.71. The fourth-order valence-electron chi connectivity index (χ4n) is 1.81. The van der Waals surface area contributed by atoms with Gasteiger partial charge in [-0.25, -0.2) is 4.79 Å². The molecule has 1 unspecified atom stereocenters. The van der Waals surface area contributed by atoms with Crippen LogP contribution in [-0.2, 0) is 0 Å². The molecule has 0 aromatic heterocycles. The van der Waals surface area contributed by atoms with Crippen molar-refractivity contribution < 1.29 is 4.79 Å². The molecule has 1 aliphatic rings. The van der Waals surface area contributed by atoms with E-state index in [0.29, 0.717) is 23.1 Å². The lowest BCUT2D eigenvalue weighted by molar-refractivity contribution is 0.218. The van der Waals surface area contributed by atoms with Crippen LogP contribution in [0.1, 0.15) is 11.5 Å². The van der Waals surface area contributed by atoms with Gasteiger partial charge in [0, 0.05) is 19.0 Å². The molecule has 1 radical (unpaired) electrons. The van der Waals surface area contributed by atoms with E-state index in [1.165, 1.54) is 0 Å². The Hall–Kier alpha value is -0.930.